The summed E-state index contributed by atoms with van der Waals surface area (Å²) in [5, 5.41) is 11.2. The van der Waals surface area contributed by atoms with Crippen molar-refractivity contribution < 1.29 is 28.2 Å². The number of piperidine rings is 2. The highest BCUT2D eigenvalue weighted by atomic mass is 19.1. The summed E-state index contributed by atoms with van der Waals surface area (Å²) >= 11 is 0. The Bertz CT molecular complexity index is 2250. The molecule has 10 rings (SSSR count). The maximum absolute atomic E-state index is 15.9. The van der Waals surface area contributed by atoms with Crippen molar-refractivity contribution >= 4 is 40.1 Å². The Balaban J connectivity index is 0.667. The highest BCUT2D eigenvalue weighted by Crippen LogP contribution is 2.41. The van der Waals surface area contributed by atoms with Crippen LogP contribution >= 0.6 is 0 Å². The summed E-state index contributed by atoms with van der Waals surface area (Å²) in [5.74, 6) is 0.936. The summed E-state index contributed by atoms with van der Waals surface area (Å²) in [6.45, 7) is 8.23. The Labute approximate surface area is 343 Å². The van der Waals surface area contributed by atoms with Gasteiger partial charge in [0.25, 0.3) is 5.91 Å². The number of piperazine rings is 1. The highest BCUT2D eigenvalue weighted by molar-refractivity contribution is 6.05. The van der Waals surface area contributed by atoms with Crippen LogP contribution in [0.2, 0.25) is 0 Å². The van der Waals surface area contributed by atoms with E-state index >= 15 is 4.39 Å². The number of rotatable bonds is 10. The number of amides is 3. The van der Waals surface area contributed by atoms with Gasteiger partial charge in [0.2, 0.25) is 11.8 Å². The molecular formula is C45H53FN8O5. The van der Waals surface area contributed by atoms with Gasteiger partial charge in [0.05, 0.1) is 30.0 Å². The molecule has 2 saturated carbocycles. The maximum Gasteiger partial charge on any atom is 0.255 e. The zero-order valence-electron chi connectivity index (χ0n) is 33.8. The smallest absolute Gasteiger partial charge is 0.255 e. The Morgan fingerprint density at radius 3 is 2.41 bits per heavy atom. The fraction of sp³-hybridized carbons (Fsp3) is 0.533. The second-order valence-corrected chi connectivity index (χ2v) is 17.8. The Hall–Kier alpha value is -5.08. The van der Waals surface area contributed by atoms with Gasteiger partial charge in [-0.15, -0.1) is 0 Å². The number of imide groups is 1. The molecular weight excluding hydrogens is 752 g/mol. The van der Waals surface area contributed by atoms with Crippen LogP contribution in [0, 0.1) is 11.7 Å². The predicted octanol–water partition coefficient (Wildman–Crippen LogP) is 5.82. The number of halogens is 1. The standard InChI is InChI=1S/C45H53FN8O5/c1-45(15-16-45)59-32-6-8-36-34(25-32)42(50-49-36)29-12-17-47-39(24-29)53-18-13-31(14-19-53)58-30-4-2-28(3-5-30)26-51-20-22-52(23-21-51)37-9-7-33-35(41(37)46)27-54(44(33)57)38-10-11-40(55)48-43(38)56/h6-9,12,17,24-25,28,30-31,38H,2-5,10-11,13-16,18-23,26-27H2,1H3,(H,49,50)(H,48,55,56)/t28-,30-,38?. The molecule has 13 nitrogen and oxygen atoms in total. The van der Waals surface area contributed by atoms with E-state index in [0.29, 0.717) is 41.9 Å². The van der Waals surface area contributed by atoms with Gasteiger partial charge in [-0.05, 0) is 113 Å². The molecule has 0 bridgehead atoms. The van der Waals surface area contributed by atoms with E-state index in [-0.39, 0.29) is 48.7 Å². The first-order valence-corrected chi connectivity index (χ1v) is 21.6. The van der Waals surface area contributed by atoms with E-state index in [2.05, 4.69) is 49.3 Å². The van der Waals surface area contributed by atoms with Crippen LogP contribution in [0.15, 0.2) is 48.7 Å². The molecule has 2 aliphatic carbocycles. The normalized spacial score (nSPS) is 25.1. The third-order valence-electron chi connectivity index (χ3n) is 13.7. The van der Waals surface area contributed by atoms with Crippen LogP contribution in [0.3, 0.4) is 0 Å². The van der Waals surface area contributed by atoms with Crippen LogP contribution in [0.5, 0.6) is 5.75 Å². The van der Waals surface area contributed by atoms with Gasteiger partial charge in [-0.25, -0.2) is 9.37 Å². The highest BCUT2D eigenvalue weighted by Gasteiger charge is 2.42. The van der Waals surface area contributed by atoms with E-state index in [1.54, 1.807) is 12.1 Å². The van der Waals surface area contributed by atoms with Gasteiger partial charge in [0.15, 0.2) is 5.82 Å². The fourth-order valence-corrected chi connectivity index (χ4v) is 9.89. The molecule has 4 aliphatic heterocycles. The SMILES string of the molecule is CC1(Oc2ccc3[nH]nc(-c4ccnc(N5CCC(O[C@H]6CC[C@H](CN7CCN(c8ccc9c(c8F)CN(C8CCC(=O)NC8=O)C9=O)CC7)CC6)CC5)c4)c3c2)CC1. The molecule has 0 radical (unpaired) electrons. The maximum atomic E-state index is 15.9. The number of benzene rings is 2. The second kappa shape index (κ2) is 15.5. The van der Waals surface area contributed by atoms with Gasteiger partial charge < -0.3 is 24.2 Å². The number of aromatic amines is 1. The molecule has 310 valence electrons. The zero-order valence-corrected chi connectivity index (χ0v) is 33.8. The van der Waals surface area contributed by atoms with Crippen molar-refractivity contribution in [1.82, 2.24) is 30.3 Å². The summed E-state index contributed by atoms with van der Waals surface area (Å²) in [5.41, 5.74) is 4.08. The summed E-state index contributed by atoms with van der Waals surface area (Å²) < 4.78 is 28.9. The monoisotopic (exact) mass is 804 g/mol. The third kappa shape index (κ3) is 7.77. The van der Waals surface area contributed by atoms with E-state index in [1.807, 2.05) is 24.4 Å². The molecule has 3 amide bonds. The summed E-state index contributed by atoms with van der Waals surface area (Å²) in [7, 11) is 0. The number of ether oxygens (including phenoxy) is 2. The lowest BCUT2D eigenvalue weighted by atomic mass is 9.86. The topological polar surface area (TPSA) is 136 Å². The molecule has 3 saturated heterocycles. The van der Waals surface area contributed by atoms with Crippen LogP contribution in [-0.4, -0.2) is 112 Å². The second-order valence-electron chi connectivity index (χ2n) is 17.8. The van der Waals surface area contributed by atoms with E-state index in [9.17, 15) is 14.4 Å². The van der Waals surface area contributed by atoms with Gasteiger partial charge in [-0.2, -0.15) is 5.10 Å². The Kier molecular flexibility index (Phi) is 10.0. The predicted molar refractivity (Wildman–Crippen MR) is 221 cm³/mol. The van der Waals surface area contributed by atoms with Crippen molar-refractivity contribution in [2.75, 3.05) is 55.6 Å². The number of anilines is 2. The van der Waals surface area contributed by atoms with Crippen molar-refractivity contribution in [2.45, 2.75) is 102 Å². The number of nitrogens with zero attached hydrogens (tertiary/aromatic N) is 6. The largest absolute Gasteiger partial charge is 0.488 e. The molecule has 5 fully saturated rings. The van der Waals surface area contributed by atoms with Crippen molar-refractivity contribution in [3.8, 4) is 17.0 Å². The number of carbonyl (C=O) groups excluding carboxylic acids is 3. The molecule has 59 heavy (non-hydrogen) atoms. The first kappa shape index (κ1) is 38.1. The van der Waals surface area contributed by atoms with Crippen LogP contribution in [-0.2, 0) is 20.9 Å². The lowest BCUT2D eigenvalue weighted by Crippen LogP contribution is -2.52. The summed E-state index contributed by atoms with van der Waals surface area (Å²) in [4.78, 5) is 50.3. The number of aromatic nitrogens is 3. The number of hydrogen-bond donors (Lipinski definition) is 2. The quantitative estimate of drug-likeness (QED) is 0.189. The number of fused-ring (bicyclic) bond motifs is 2. The van der Waals surface area contributed by atoms with E-state index in [4.69, 9.17) is 14.5 Å². The lowest BCUT2D eigenvalue weighted by Gasteiger charge is -2.40. The van der Waals surface area contributed by atoms with Gasteiger partial charge in [0.1, 0.15) is 28.9 Å². The van der Waals surface area contributed by atoms with Gasteiger partial charge in [-0.3, -0.25) is 29.7 Å². The average Bonchev–Trinajstić information content (AvgIpc) is 3.66. The molecule has 2 aromatic heterocycles. The van der Waals surface area contributed by atoms with Crippen LogP contribution < -0.4 is 19.9 Å². The van der Waals surface area contributed by atoms with Crippen molar-refractivity contribution in [3.05, 3.63) is 65.6 Å². The van der Waals surface area contributed by atoms with Gasteiger partial charge in [-0.1, -0.05) is 0 Å². The van der Waals surface area contributed by atoms with Crippen molar-refractivity contribution in [2.24, 2.45) is 5.92 Å². The van der Waals surface area contributed by atoms with Crippen LogP contribution in [0.25, 0.3) is 22.2 Å². The Morgan fingerprint density at radius 2 is 1.64 bits per heavy atom. The number of carbonyl (C=O) groups is 3. The first-order valence-electron chi connectivity index (χ1n) is 21.6. The third-order valence-corrected chi connectivity index (χ3v) is 13.7. The molecule has 0 spiro atoms. The molecule has 2 N–H and O–H groups in total. The summed E-state index contributed by atoms with van der Waals surface area (Å²) in [6.07, 6.45) is 11.6. The molecule has 1 atom stereocenters. The molecule has 6 aliphatic rings. The van der Waals surface area contributed by atoms with Crippen LogP contribution in [0.1, 0.15) is 87.1 Å². The van der Waals surface area contributed by atoms with Crippen molar-refractivity contribution in [3.63, 3.8) is 0 Å². The molecule has 14 heteroatoms. The molecule has 1 unspecified atom stereocenters. The van der Waals surface area contributed by atoms with Crippen molar-refractivity contribution in [1.29, 1.82) is 0 Å². The molecule has 4 aromatic rings. The minimum Gasteiger partial charge on any atom is -0.488 e. The lowest BCUT2D eigenvalue weighted by molar-refractivity contribution is -0.136. The molecule has 6 heterocycles. The van der Waals surface area contributed by atoms with Crippen LogP contribution in [0.4, 0.5) is 15.9 Å². The minimum absolute atomic E-state index is 0.0351. The Morgan fingerprint density at radius 1 is 0.864 bits per heavy atom. The minimum atomic E-state index is -0.756. The average molecular weight is 805 g/mol. The molecule has 2 aromatic carbocycles. The van der Waals surface area contributed by atoms with E-state index < -0.39 is 11.9 Å². The number of pyridine rings is 1. The van der Waals surface area contributed by atoms with E-state index in [1.165, 1.54) is 4.90 Å². The number of hydrogen-bond acceptors (Lipinski definition) is 10. The number of H-pyrrole nitrogens is 1. The zero-order chi connectivity index (χ0) is 40.3. The fourth-order valence-electron chi connectivity index (χ4n) is 9.89. The summed E-state index contributed by atoms with van der Waals surface area (Å²) in [6, 6.07) is 13.0. The number of nitrogens with one attached hydrogen (secondary N) is 2. The van der Waals surface area contributed by atoms with E-state index in [0.717, 1.165) is 118 Å². The first-order chi connectivity index (χ1) is 28.7. The van der Waals surface area contributed by atoms with Gasteiger partial charge in [0, 0.05) is 80.5 Å². The van der Waals surface area contributed by atoms with Gasteiger partial charge >= 0.3 is 0 Å².